The molecule has 2 fully saturated rings. The zero-order valence-electron chi connectivity index (χ0n) is 21.6. The van der Waals surface area contributed by atoms with Gasteiger partial charge < -0.3 is 9.64 Å². The van der Waals surface area contributed by atoms with E-state index in [2.05, 4.69) is 9.88 Å². The molecule has 1 unspecified atom stereocenters. The van der Waals surface area contributed by atoms with Crippen LogP contribution < -0.4 is 9.64 Å². The second-order valence-electron chi connectivity index (χ2n) is 9.85. The van der Waals surface area contributed by atoms with Gasteiger partial charge in [0.2, 0.25) is 5.82 Å². The van der Waals surface area contributed by atoms with Crippen LogP contribution in [0.15, 0.2) is 54.7 Å². The lowest BCUT2D eigenvalue weighted by atomic mass is 9.99. The number of halogens is 4. The molecule has 0 radical (unpaired) electrons. The highest BCUT2D eigenvalue weighted by molar-refractivity contribution is 5.49. The van der Waals surface area contributed by atoms with Crippen molar-refractivity contribution in [2.45, 2.75) is 63.9 Å². The third-order valence-corrected chi connectivity index (χ3v) is 6.93. The number of nitrogens with zero attached hydrogens (tertiary/aromatic N) is 4. The molecule has 40 heavy (non-hydrogen) atoms. The highest BCUT2D eigenvalue weighted by atomic mass is 19.4. The Balaban J connectivity index is 0.000000283. The zero-order chi connectivity index (χ0) is 29.2. The van der Waals surface area contributed by atoms with Gasteiger partial charge in [0, 0.05) is 43.3 Å². The fourth-order valence-corrected chi connectivity index (χ4v) is 5.12. The van der Waals surface area contributed by atoms with Crippen molar-refractivity contribution in [3.63, 3.8) is 0 Å². The van der Waals surface area contributed by atoms with E-state index < -0.39 is 33.1 Å². The van der Waals surface area contributed by atoms with E-state index in [4.69, 9.17) is 4.74 Å². The summed E-state index contributed by atoms with van der Waals surface area (Å²) in [5, 5.41) is 21.5. The van der Waals surface area contributed by atoms with Gasteiger partial charge in [-0.15, -0.1) is 0 Å². The summed E-state index contributed by atoms with van der Waals surface area (Å²) in [7, 11) is 0. The van der Waals surface area contributed by atoms with E-state index in [1.54, 1.807) is 26.0 Å². The van der Waals surface area contributed by atoms with Gasteiger partial charge in [0.05, 0.1) is 15.4 Å². The first kappa shape index (κ1) is 28.7. The van der Waals surface area contributed by atoms with Gasteiger partial charge in [0.25, 0.3) is 0 Å². The highest BCUT2D eigenvalue weighted by Gasteiger charge is 2.43. The molecule has 2 aliphatic heterocycles. The van der Waals surface area contributed by atoms with Crippen LogP contribution in [-0.4, -0.2) is 33.0 Å². The molecule has 3 aromatic rings. The summed E-state index contributed by atoms with van der Waals surface area (Å²) >= 11 is 0. The molecule has 2 bridgehead atoms. The molecule has 0 aliphatic carbocycles. The van der Waals surface area contributed by atoms with E-state index in [-0.39, 0.29) is 29.6 Å². The second-order valence-corrected chi connectivity index (χ2v) is 9.85. The van der Waals surface area contributed by atoms with Gasteiger partial charge in [-0.2, -0.15) is 17.6 Å². The van der Waals surface area contributed by atoms with Crippen LogP contribution in [0.25, 0.3) is 0 Å². The number of pyridine rings is 1. The maximum absolute atomic E-state index is 12.8. The molecule has 0 spiro atoms. The molecule has 2 aliphatic rings. The Labute approximate surface area is 226 Å². The number of nitro benzene ring substituents is 2. The van der Waals surface area contributed by atoms with Crippen LogP contribution in [0.1, 0.15) is 42.4 Å². The van der Waals surface area contributed by atoms with Crippen LogP contribution in [-0.2, 0) is 6.18 Å². The lowest BCUT2D eigenvalue weighted by Crippen LogP contribution is -2.46. The molecular formula is C27H26F4N4O5. The predicted molar refractivity (Wildman–Crippen MR) is 138 cm³/mol. The van der Waals surface area contributed by atoms with E-state index in [1.807, 2.05) is 0 Å². The summed E-state index contributed by atoms with van der Waals surface area (Å²) in [6.45, 7) is 3.46. The quantitative estimate of drug-likeness (QED) is 0.188. The number of fused-ring (bicyclic) bond motifs is 2. The molecule has 212 valence electrons. The number of aromatic nitrogens is 1. The molecule has 13 heteroatoms. The molecule has 0 amide bonds. The Bertz CT molecular complexity index is 1390. The van der Waals surface area contributed by atoms with Gasteiger partial charge in [0.15, 0.2) is 5.75 Å². The van der Waals surface area contributed by atoms with Gasteiger partial charge in [0.1, 0.15) is 11.9 Å². The topological polar surface area (TPSA) is 112 Å². The molecule has 2 saturated heterocycles. The fourth-order valence-electron chi connectivity index (χ4n) is 5.12. The molecule has 0 N–H and O–H groups in total. The van der Waals surface area contributed by atoms with Gasteiger partial charge in [-0.05, 0) is 62.1 Å². The number of rotatable bonds is 5. The van der Waals surface area contributed by atoms with Gasteiger partial charge in [-0.3, -0.25) is 20.2 Å². The maximum atomic E-state index is 12.8. The summed E-state index contributed by atoms with van der Waals surface area (Å²) in [5.74, 6) is -0.00280. The zero-order valence-corrected chi connectivity index (χ0v) is 21.6. The largest absolute Gasteiger partial charge is 0.483 e. The molecule has 0 saturated carbocycles. The smallest absolute Gasteiger partial charge is 0.417 e. The minimum absolute atomic E-state index is 0.0517. The first-order chi connectivity index (χ1) is 18.8. The summed E-state index contributed by atoms with van der Waals surface area (Å²) in [5.41, 5.74) is 0.179. The monoisotopic (exact) mass is 562 g/mol. The summed E-state index contributed by atoms with van der Waals surface area (Å²) < 4.78 is 56.9. The molecule has 2 aromatic carbocycles. The van der Waals surface area contributed by atoms with Crippen molar-refractivity contribution < 1.29 is 32.1 Å². The van der Waals surface area contributed by atoms with Gasteiger partial charge in [-0.1, -0.05) is 12.1 Å². The Kier molecular flexibility index (Phi) is 8.21. The number of hydrogen-bond acceptors (Lipinski definition) is 7. The van der Waals surface area contributed by atoms with Crippen LogP contribution in [0.3, 0.4) is 0 Å². The lowest BCUT2D eigenvalue weighted by molar-refractivity contribution is -0.387. The summed E-state index contributed by atoms with van der Waals surface area (Å²) in [4.78, 5) is 26.4. The highest BCUT2D eigenvalue weighted by Crippen LogP contribution is 2.41. The van der Waals surface area contributed by atoms with Crippen LogP contribution in [0.5, 0.6) is 5.75 Å². The third kappa shape index (κ3) is 6.46. The minimum atomic E-state index is -4.41. The van der Waals surface area contributed by atoms with Gasteiger partial charge in [-0.25, -0.2) is 4.98 Å². The standard InChI is InChI=1S/C20H20F3N3O3.C7H6FNO2/c1-12-2-6-18(17(8-12)26(27)28)29-16-9-14-4-5-15(10-16)25(14)19-7-3-13(11-24-19)20(21,22)23;1-5-2-3-6(8)7(4-5)9(10)11/h2-3,6-8,11,14-16H,4-5,9-10H2,1H3;2-4H,1H3/t14-,15+,16?;. The van der Waals surface area contributed by atoms with Crippen LogP contribution in [0, 0.1) is 39.9 Å². The van der Waals surface area contributed by atoms with Crippen LogP contribution in [0.2, 0.25) is 0 Å². The van der Waals surface area contributed by atoms with E-state index in [1.165, 1.54) is 24.3 Å². The van der Waals surface area contributed by atoms with Crippen LogP contribution in [0.4, 0.5) is 34.8 Å². The Morgan fingerprint density at radius 1 is 0.900 bits per heavy atom. The number of anilines is 1. The molecule has 9 nitrogen and oxygen atoms in total. The van der Waals surface area contributed by atoms with Crippen molar-refractivity contribution >= 4 is 17.2 Å². The van der Waals surface area contributed by atoms with E-state index in [0.29, 0.717) is 24.2 Å². The van der Waals surface area contributed by atoms with Gasteiger partial charge >= 0.3 is 17.6 Å². The number of aryl methyl sites for hydroxylation is 2. The third-order valence-electron chi connectivity index (χ3n) is 6.93. The lowest BCUT2D eigenvalue weighted by Gasteiger charge is -2.39. The Hall–Kier alpha value is -4.29. The summed E-state index contributed by atoms with van der Waals surface area (Å²) in [6.07, 6.45) is -0.651. The first-order valence-electron chi connectivity index (χ1n) is 12.5. The summed E-state index contributed by atoms with van der Waals surface area (Å²) in [6, 6.07) is 11.3. The van der Waals surface area contributed by atoms with Crippen molar-refractivity contribution in [3.8, 4) is 5.75 Å². The first-order valence-corrected chi connectivity index (χ1v) is 12.5. The average Bonchev–Trinajstić information content (AvgIpc) is 3.16. The normalized spacial score (nSPS) is 19.9. The van der Waals surface area contributed by atoms with E-state index >= 15 is 0 Å². The molecule has 3 atom stereocenters. The fraction of sp³-hybridized carbons (Fsp3) is 0.370. The van der Waals surface area contributed by atoms with Crippen molar-refractivity contribution in [1.29, 1.82) is 0 Å². The number of alkyl halides is 3. The number of piperidine rings is 1. The maximum Gasteiger partial charge on any atom is 0.417 e. The Morgan fingerprint density at radius 3 is 1.98 bits per heavy atom. The number of nitro groups is 2. The van der Waals surface area contributed by atoms with E-state index in [9.17, 15) is 37.8 Å². The molecule has 1 aromatic heterocycles. The molecule has 5 rings (SSSR count). The number of benzene rings is 2. The van der Waals surface area contributed by atoms with Crippen LogP contribution >= 0.6 is 0 Å². The van der Waals surface area contributed by atoms with Crippen molar-refractivity contribution in [3.05, 3.63) is 97.5 Å². The minimum Gasteiger partial charge on any atom is -0.483 e. The Morgan fingerprint density at radius 2 is 1.48 bits per heavy atom. The number of ether oxygens (including phenoxy) is 1. The van der Waals surface area contributed by atoms with E-state index in [0.717, 1.165) is 36.7 Å². The average molecular weight is 563 g/mol. The predicted octanol–water partition coefficient (Wildman–Crippen LogP) is 6.94. The second kappa shape index (κ2) is 11.4. The molecular weight excluding hydrogens is 536 g/mol. The van der Waals surface area contributed by atoms with Crippen molar-refractivity contribution in [1.82, 2.24) is 4.98 Å². The molecule has 3 heterocycles. The SMILES string of the molecule is Cc1ccc(F)c([N+](=O)[O-])c1.Cc1ccc(OC2C[C@H]3CC[C@@H](C2)N3c2ccc(C(F)(F)F)cn2)c([N+](=O)[O-])c1. The number of hydrogen-bond donors (Lipinski definition) is 0. The van der Waals surface area contributed by atoms with Crippen molar-refractivity contribution in [2.24, 2.45) is 0 Å². The van der Waals surface area contributed by atoms with Crippen molar-refractivity contribution in [2.75, 3.05) is 4.90 Å².